The highest BCUT2D eigenvalue weighted by Gasteiger charge is 2.22. The van der Waals surface area contributed by atoms with E-state index in [1.54, 1.807) is 0 Å². The lowest BCUT2D eigenvalue weighted by atomic mass is 9.95. The molecule has 1 aromatic carbocycles. The molecule has 5 heteroatoms. The number of benzene rings is 1. The fourth-order valence-electron chi connectivity index (χ4n) is 2.14. The Hall–Kier alpha value is -0.710. The Bertz CT molecular complexity index is 441. The molecule has 1 amide bonds. The van der Waals surface area contributed by atoms with E-state index < -0.39 is 0 Å². The second-order valence-electron chi connectivity index (χ2n) is 4.86. The maximum atomic E-state index is 11.9. The van der Waals surface area contributed by atoms with Crippen LogP contribution in [0.1, 0.15) is 13.3 Å². The van der Waals surface area contributed by atoms with Crippen LogP contribution in [0.15, 0.2) is 29.2 Å². The Kier molecular flexibility index (Phi) is 5.55. The first kappa shape index (κ1) is 14.7. The molecule has 0 spiro atoms. The Morgan fingerprint density at radius 1 is 1.53 bits per heavy atom. The van der Waals surface area contributed by atoms with Crippen molar-refractivity contribution < 1.29 is 4.79 Å². The van der Waals surface area contributed by atoms with Gasteiger partial charge in [0.05, 0.1) is 10.8 Å². The Morgan fingerprint density at radius 3 is 3.05 bits per heavy atom. The first-order valence-electron chi connectivity index (χ1n) is 6.54. The number of piperidine rings is 1. The summed E-state index contributed by atoms with van der Waals surface area (Å²) >= 11 is 7.54. The largest absolute Gasteiger partial charge is 0.351 e. The molecule has 3 nitrogen and oxygen atoms in total. The van der Waals surface area contributed by atoms with Gasteiger partial charge in [0.1, 0.15) is 0 Å². The van der Waals surface area contributed by atoms with Gasteiger partial charge in [0.2, 0.25) is 5.91 Å². The third-order valence-corrected chi connectivity index (χ3v) is 4.88. The third-order valence-electron chi connectivity index (χ3n) is 3.37. The zero-order valence-electron chi connectivity index (χ0n) is 11.0. The Balaban J connectivity index is 1.80. The van der Waals surface area contributed by atoms with E-state index in [1.165, 1.54) is 11.8 Å². The van der Waals surface area contributed by atoms with Crippen LogP contribution in [0, 0.1) is 5.92 Å². The molecule has 1 fully saturated rings. The van der Waals surface area contributed by atoms with Crippen LogP contribution in [0.4, 0.5) is 0 Å². The minimum atomic E-state index is 0.0745. The third kappa shape index (κ3) is 4.41. The average molecular weight is 299 g/mol. The molecule has 1 saturated heterocycles. The van der Waals surface area contributed by atoms with E-state index in [9.17, 15) is 4.79 Å². The molecule has 104 valence electrons. The lowest BCUT2D eigenvalue weighted by Crippen LogP contribution is -2.50. The Labute approximate surface area is 123 Å². The predicted molar refractivity (Wildman–Crippen MR) is 80.8 cm³/mol. The number of nitrogens with one attached hydrogen (secondary N) is 2. The summed E-state index contributed by atoms with van der Waals surface area (Å²) in [6, 6.07) is 7.84. The topological polar surface area (TPSA) is 41.1 Å². The summed E-state index contributed by atoms with van der Waals surface area (Å²) in [6.07, 6.45) is 1.11. The van der Waals surface area contributed by atoms with Gasteiger partial charge in [-0.15, -0.1) is 11.8 Å². The van der Waals surface area contributed by atoms with Gasteiger partial charge in [0.25, 0.3) is 0 Å². The van der Waals surface area contributed by atoms with Crippen LogP contribution in [-0.2, 0) is 4.79 Å². The molecule has 0 aliphatic carbocycles. The highest BCUT2D eigenvalue weighted by molar-refractivity contribution is 8.00. The van der Waals surface area contributed by atoms with Crippen molar-refractivity contribution in [2.24, 2.45) is 5.92 Å². The molecule has 2 atom stereocenters. The molecule has 2 rings (SSSR count). The molecule has 2 N–H and O–H groups in total. The second-order valence-corrected chi connectivity index (χ2v) is 6.29. The van der Waals surface area contributed by atoms with Gasteiger partial charge in [-0.1, -0.05) is 30.7 Å². The summed E-state index contributed by atoms with van der Waals surface area (Å²) in [6.45, 7) is 4.10. The number of amides is 1. The molecule has 1 aliphatic rings. The van der Waals surface area contributed by atoms with Crippen molar-refractivity contribution in [3.63, 3.8) is 0 Å². The SMILES string of the molecule is CC1CCNCC1NC(=O)CSc1ccccc1Cl. The zero-order chi connectivity index (χ0) is 13.7. The number of halogens is 1. The summed E-state index contributed by atoms with van der Waals surface area (Å²) in [7, 11) is 0. The van der Waals surface area contributed by atoms with E-state index in [0.717, 1.165) is 24.4 Å². The smallest absolute Gasteiger partial charge is 0.230 e. The molecule has 0 aromatic heterocycles. The van der Waals surface area contributed by atoms with Crippen molar-refractivity contribution in [2.45, 2.75) is 24.3 Å². The molecule has 1 aromatic rings. The van der Waals surface area contributed by atoms with Crippen molar-refractivity contribution in [2.75, 3.05) is 18.8 Å². The van der Waals surface area contributed by atoms with Crippen LogP contribution < -0.4 is 10.6 Å². The summed E-state index contributed by atoms with van der Waals surface area (Å²) in [5.41, 5.74) is 0. The summed E-state index contributed by atoms with van der Waals surface area (Å²) in [4.78, 5) is 12.9. The number of hydrogen-bond acceptors (Lipinski definition) is 3. The number of thioether (sulfide) groups is 1. The minimum absolute atomic E-state index is 0.0745. The number of carbonyl (C=O) groups excluding carboxylic acids is 1. The molecular weight excluding hydrogens is 280 g/mol. The van der Waals surface area contributed by atoms with E-state index in [4.69, 9.17) is 11.6 Å². The van der Waals surface area contributed by atoms with Crippen LogP contribution in [-0.4, -0.2) is 30.8 Å². The highest BCUT2D eigenvalue weighted by atomic mass is 35.5. The van der Waals surface area contributed by atoms with Gasteiger partial charge in [0.15, 0.2) is 0 Å². The molecular formula is C14H19ClN2OS. The van der Waals surface area contributed by atoms with Gasteiger partial charge in [-0.2, -0.15) is 0 Å². The fourth-order valence-corrected chi connectivity index (χ4v) is 3.19. The summed E-state index contributed by atoms with van der Waals surface area (Å²) in [5, 5.41) is 7.11. The lowest BCUT2D eigenvalue weighted by Gasteiger charge is -2.30. The monoisotopic (exact) mass is 298 g/mol. The van der Waals surface area contributed by atoms with Crippen LogP contribution in [0.5, 0.6) is 0 Å². The Morgan fingerprint density at radius 2 is 2.32 bits per heavy atom. The molecule has 1 heterocycles. The quantitative estimate of drug-likeness (QED) is 0.840. The van der Waals surface area contributed by atoms with E-state index in [2.05, 4.69) is 17.6 Å². The summed E-state index contributed by atoms with van der Waals surface area (Å²) < 4.78 is 0. The van der Waals surface area contributed by atoms with Crippen LogP contribution in [0.2, 0.25) is 5.02 Å². The number of carbonyl (C=O) groups is 1. The maximum absolute atomic E-state index is 11.9. The molecule has 1 aliphatic heterocycles. The predicted octanol–water partition coefficient (Wildman–Crippen LogP) is 2.55. The van der Waals surface area contributed by atoms with Crippen molar-refractivity contribution in [1.82, 2.24) is 10.6 Å². The fraction of sp³-hybridized carbons (Fsp3) is 0.500. The first-order valence-corrected chi connectivity index (χ1v) is 7.90. The van der Waals surface area contributed by atoms with Crippen molar-refractivity contribution in [1.29, 1.82) is 0 Å². The van der Waals surface area contributed by atoms with E-state index >= 15 is 0 Å². The maximum Gasteiger partial charge on any atom is 0.230 e. The average Bonchev–Trinajstić information content (AvgIpc) is 2.40. The first-order chi connectivity index (χ1) is 9.16. The van der Waals surface area contributed by atoms with E-state index in [-0.39, 0.29) is 11.9 Å². The van der Waals surface area contributed by atoms with Crippen molar-refractivity contribution in [3.8, 4) is 0 Å². The molecule has 19 heavy (non-hydrogen) atoms. The van der Waals surface area contributed by atoms with Crippen molar-refractivity contribution >= 4 is 29.3 Å². The van der Waals surface area contributed by atoms with Crippen molar-refractivity contribution in [3.05, 3.63) is 29.3 Å². The molecule has 0 radical (unpaired) electrons. The molecule has 0 saturated carbocycles. The number of hydrogen-bond donors (Lipinski definition) is 2. The minimum Gasteiger partial charge on any atom is -0.351 e. The van der Waals surface area contributed by atoms with E-state index in [1.807, 2.05) is 24.3 Å². The molecule has 2 unspecified atom stereocenters. The number of rotatable bonds is 4. The van der Waals surface area contributed by atoms with Gasteiger partial charge >= 0.3 is 0 Å². The standard InChI is InChI=1S/C14H19ClN2OS/c1-10-6-7-16-8-12(10)17-14(18)9-19-13-5-3-2-4-11(13)15/h2-5,10,12,16H,6-9H2,1H3,(H,17,18). The van der Waals surface area contributed by atoms with Gasteiger partial charge < -0.3 is 10.6 Å². The second kappa shape index (κ2) is 7.17. The van der Waals surface area contributed by atoms with E-state index in [0.29, 0.717) is 16.7 Å². The molecule has 0 bridgehead atoms. The zero-order valence-corrected chi connectivity index (χ0v) is 12.6. The van der Waals surface area contributed by atoms with Gasteiger partial charge in [-0.3, -0.25) is 4.79 Å². The lowest BCUT2D eigenvalue weighted by molar-refractivity contribution is -0.119. The van der Waals surface area contributed by atoms with Gasteiger partial charge in [-0.05, 0) is 31.0 Å². The van der Waals surface area contributed by atoms with Crippen LogP contribution >= 0.6 is 23.4 Å². The van der Waals surface area contributed by atoms with Crippen LogP contribution in [0.3, 0.4) is 0 Å². The normalized spacial score (nSPS) is 23.1. The highest BCUT2D eigenvalue weighted by Crippen LogP contribution is 2.26. The summed E-state index contributed by atoms with van der Waals surface area (Å²) in [5.74, 6) is 1.02. The van der Waals surface area contributed by atoms with Gasteiger partial charge in [-0.25, -0.2) is 0 Å². The van der Waals surface area contributed by atoms with Crippen LogP contribution in [0.25, 0.3) is 0 Å². The van der Waals surface area contributed by atoms with Gasteiger partial charge in [0, 0.05) is 17.5 Å².